The van der Waals surface area contributed by atoms with Gasteiger partial charge < -0.3 is 4.74 Å². The Hall–Kier alpha value is -1.15. The van der Waals surface area contributed by atoms with Gasteiger partial charge in [-0.25, -0.2) is 4.79 Å². The van der Waals surface area contributed by atoms with Gasteiger partial charge in [0, 0.05) is 5.41 Å². The van der Waals surface area contributed by atoms with Crippen LogP contribution in [0.1, 0.15) is 41.5 Å². The second-order valence-electron chi connectivity index (χ2n) is 6.40. The van der Waals surface area contributed by atoms with E-state index < -0.39 is 35.0 Å². The Morgan fingerprint density at radius 3 is 1.38 bits per heavy atom. The number of carbonyl (C=O) groups excluding carboxylic acids is 1. The molecule has 0 aromatic heterocycles. The van der Waals surface area contributed by atoms with Crippen LogP contribution in [0.3, 0.4) is 0 Å². The van der Waals surface area contributed by atoms with Crippen LogP contribution in [0.4, 0.5) is 31.1 Å². The third kappa shape index (κ3) is 4.16. The van der Waals surface area contributed by atoms with Gasteiger partial charge >= 0.3 is 18.4 Å². The third-order valence-electron chi connectivity index (χ3n) is 3.64. The quantitative estimate of drug-likeness (QED) is 0.764. The minimum Gasteiger partial charge on any atom is -0.443 e. The Morgan fingerprint density at radius 1 is 0.810 bits per heavy atom. The maximum Gasteiger partial charge on any atom is 0.420 e. The SMILES string of the molecule is CC(C)(C)C(C)(C)OC(=O)NC(C)(C(F)(F)F)C(F)(F)F. The fourth-order valence-corrected chi connectivity index (χ4v) is 0.917. The summed E-state index contributed by atoms with van der Waals surface area (Å²) < 4.78 is 80.6. The molecule has 0 bridgehead atoms. The van der Waals surface area contributed by atoms with Gasteiger partial charge in [-0.1, -0.05) is 20.8 Å². The molecule has 0 unspecified atom stereocenters. The first-order valence-corrected chi connectivity index (χ1v) is 6.00. The molecule has 0 radical (unpaired) electrons. The van der Waals surface area contributed by atoms with Crippen molar-refractivity contribution in [2.45, 2.75) is 65.0 Å². The molecule has 0 aromatic rings. The molecule has 0 aliphatic heterocycles. The highest BCUT2D eigenvalue weighted by Gasteiger charge is 2.69. The van der Waals surface area contributed by atoms with Gasteiger partial charge in [0.2, 0.25) is 5.54 Å². The van der Waals surface area contributed by atoms with Crippen LogP contribution in [0.5, 0.6) is 0 Å². The van der Waals surface area contributed by atoms with Crippen LogP contribution in [-0.4, -0.2) is 29.6 Å². The lowest BCUT2D eigenvalue weighted by atomic mass is 9.79. The summed E-state index contributed by atoms with van der Waals surface area (Å²) in [6, 6.07) is 0. The second-order valence-corrected chi connectivity index (χ2v) is 6.40. The van der Waals surface area contributed by atoms with E-state index in [2.05, 4.69) is 0 Å². The average Bonchev–Trinajstić information content (AvgIpc) is 2.10. The Bertz CT molecular complexity index is 378. The minimum absolute atomic E-state index is 0.154. The molecule has 0 aliphatic rings. The van der Waals surface area contributed by atoms with Gasteiger partial charge in [-0.15, -0.1) is 0 Å². The molecule has 0 fully saturated rings. The fourth-order valence-electron chi connectivity index (χ4n) is 0.917. The number of amides is 1. The fraction of sp³-hybridized carbons (Fsp3) is 0.917. The first kappa shape index (κ1) is 19.9. The zero-order valence-electron chi connectivity index (χ0n) is 12.6. The van der Waals surface area contributed by atoms with E-state index in [1.54, 1.807) is 20.8 Å². The monoisotopic (exact) mass is 323 g/mol. The maximum atomic E-state index is 12.6. The van der Waals surface area contributed by atoms with Gasteiger partial charge in [-0.3, -0.25) is 5.32 Å². The molecule has 21 heavy (non-hydrogen) atoms. The van der Waals surface area contributed by atoms with Crippen molar-refractivity contribution in [2.24, 2.45) is 5.41 Å². The van der Waals surface area contributed by atoms with Gasteiger partial charge in [0.15, 0.2) is 0 Å². The smallest absolute Gasteiger partial charge is 0.420 e. The highest BCUT2D eigenvalue weighted by atomic mass is 19.4. The molecule has 3 nitrogen and oxygen atoms in total. The predicted molar refractivity (Wildman–Crippen MR) is 63.7 cm³/mol. The largest absolute Gasteiger partial charge is 0.443 e. The first-order valence-electron chi connectivity index (χ1n) is 6.00. The summed E-state index contributed by atoms with van der Waals surface area (Å²) in [5, 5.41) is 0.890. The summed E-state index contributed by atoms with van der Waals surface area (Å²) in [6.07, 6.45) is -13.2. The molecule has 0 aromatic carbocycles. The van der Waals surface area contributed by atoms with Crippen molar-refractivity contribution < 1.29 is 35.9 Å². The summed E-state index contributed by atoms with van der Waals surface area (Å²) in [4.78, 5) is 11.5. The van der Waals surface area contributed by atoms with Crippen molar-refractivity contribution in [2.75, 3.05) is 0 Å². The van der Waals surface area contributed by atoms with Crippen LogP contribution in [0.2, 0.25) is 0 Å². The number of alkyl carbamates (subject to hydrolysis) is 1. The standard InChI is InChI=1S/C12H19F6NO2/c1-8(2,3)9(4,5)21-7(20)19-10(6,11(13,14)15)12(16,17)18/h1-6H3,(H,19,20). The number of ether oxygens (including phenoxy) is 1. The van der Waals surface area contributed by atoms with Gasteiger partial charge in [0.25, 0.3) is 0 Å². The normalized spacial score (nSPS) is 14.9. The number of nitrogens with one attached hydrogen (secondary N) is 1. The maximum absolute atomic E-state index is 12.6. The molecule has 9 heteroatoms. The Labute approximate surface area is 119 Å². The van der Waals surface area contributed by atoms with Crippen LogP contribution < -0.4 is 5.32 Å². The molecule has 0 atom stereocenters. The van der Waals surface area contributed by atoms with E-state index in [9.17, 15) is 31.1 Å². The summed E-state index contributed by atoms with van der Waals surface area (Å²) >= 11 is 0. The molecule has 0 spiro atoms. The van der Waals surface area contributed by atoms with E-state index in [0.717, 1.165) is 5.32 Å². The van der Waals surface area contributed by atoms with E-state index in [1.807, 2.05) is 0 Å². The molecule has 0 aliphatic carbocycles. The topological polar surface area (TPSA) is 38.3 Å². The van der Waals surface area contributed by atoms with Crippen molar-refractivity contribution in [3.63, 3.8) is 0 Å². The van der Waals surface area contributed by atoms with Gasteiger partial charge in [0.1, 0.15) is 5.60 Å². The molecular weight excluding hydrogens is 304 g/mol. The van der Waals surface area contributed by atoms with Crippen LogP contribution in [0, 0.1) is 5.41 Å². The number of alkyl halides is 6. The van der Waals surface area contributed by atoms with E-state index in [0.29, 0.717) is 0 Å². The number of hydrogen-bond acceptors (Lipinski definition) is 2. The van der Waals surface area contributed by atoms with E-state index in [1.165, 1.54) is 13.8 Å². The first-order chi connectivity index (χ1) is 8.85. The zero-order valence-corrected chi connectivity index (χ0v) is 12.6. The Morgan fingerprint density at radius 2 is 1.14 bits per heavy atom. The van der Waals surface area contributed by atoms with Crippen molar-refractivity contribution in [1.29, 1.82) is 0 Å². The average molecular weight is 323 g/mol. The molecule has 0 heterocycles. The van der Waals surface area contributed by atoms with Crippen molar-refractivity contribution in [3.8, 4) is 0 Å². The third-order valence-corrected chi connectivity index (χ3v) is 3.64. The van der Waals surface area contributed by atoms with Crippen molar-refractivity contribution in [3.05, 3.63) is 0 Å². The summed E-state index contributed by atoms with van der Waals surface area (Å²) in [6.45, 7) is 7.53. The van der Waals surface area contributed by atoms with Crippen LogP contribution in [0.15, 0.2) is 0 Å². The number of carbonyl (C=O) groups is 1. The number of hydrogen-bond donors (Lipinski definition) is 1. The number of rotatable bonds is 2. The predicted octanol–water partition coefficient (Wildman–Crippen LogP) is 4.42. The molecule has 1 N–H and O–H groups in total. The Balaban J connectivity index is 5.31. The van der Waals surface area contributed by atoms with Gasteiger partial charge in [-0.05, 0) is 20.8 Å². The van der Waals surface area contributed by atoms with E-state index in [-0.39, 0.29) is 6.92 Å². The highest BCUT2D eigenvalue weighted by molar-refractivity contribution is 5.69. The molecule has 0 saturated heterocycles. The van der Waals surface area contributed by atoms with E-state index >= 15 is 0 Å². The van der Waals surface area contributed by atoms with Crippen molar-refractivity contribution in [1.82, 2.24) is 5.32 Å². The number of halogens is 6. The zero-order chi connectivity index (χ0) is 17.5. The molecule has 126 valence electrons. The molecule has 0 rings (SSSR count). The Kier molecular flexibility index (Phi) is 4.95. The van der Waals surface area contributed by atoms with Gasteiger partial charge in [-0.2, -0.15) is 26.3 Å². The van der Waals surface area contributed by atoms with Crippen LogP contribution >= 0.6 is 0 Å². The lowest BCUT2D eigenvalue weighted by Gasteiger charge is -2.40. The minimum atomic E-state index is -5.71. The molecule has 1 amide bonds. The lowest BCUT2D eigenvalue weighted by Crippen LogP contribution is -2.66. The van der Waals surface area contributed by atoms with Crippen molar-refractivity contribution >= 4 is 6.09 Å². The van der Waals surface area contributed by atoms with E-state index in [4.69, 9.17) is 4.74 Å². The second kappa shape index (κ2) is 5.24. The highest BCUT2D eigenvalue weighted by Crippen LogP contribution is 2.43. The molecule has 0 saturated carbocycles. The summed E-state index contributed by atoms with van der Waals surface area (Å²) in [5.41, 5.74) is -6.34. The lowest BCUT2D eigenvalue weighted by molar-refractivity contribution is -0.299. The van der Waals surface area contributed by atoms with Gasteiger partial charge in [0.05, 0.1) is 0 Å². The van der Waals surface area contributed by atoms with Crippen LogP contribution in [0.25, 0.3) is 0 Å². The van der Waals surface area contributed by atoms with Crippen LogP contribution in [-0.2, 0) is 4.74 Å². The summed E-state index contributed by atoms with van der Waals surface area (Å²) in [7, 11) is 0. The summed E-state index contributed by atoms with van der Waals surface area (Å²) in [5.74, 6) is 0. The molecular formula is C12H19F6NO2.